The topological polar surface area (TPSA) is 61.4 Å². The van der Waals surface area contributed by atoms with E-state index in [1.165, 1.54) is 0 Å². The van der Waals surface area contributed by atoms with E-state index >= 15 is 0 Å². The Morgan fingerprint density at radius 2 is 1.69 bits per heavy atom. The Labute approximate surface area is 98.8 Å². The van der Waals surface area contributed by atoms with E-state index < -0.39 is 5.97 Å². The molecular formula is C12H26N2O2. The highest BCUT2D eigenvalue weighted by Crippen LogP contribution is 2.11. The minimum atomic E-state index is -0.643. The van der Waals surface area contributed by atoms with Crippen LogP contribution in [0.3, 0.4) is 0 Å². The molecule has 4 heteroatoms. The van der Waals surface area contributed by atoms with Crippen molar-refractivity contribution >= 4 is 5.97 Å². The SMILES string of the molecule is C1CNCCN1.CCCCC(CC)C(=O)O. The lowest BCUT2D eigenvalue weighted by molar-refractivity contribution is -0.142. The van der Waals surface area contributed by atoms with E-state index in [0.717, 1.165) is 51.9 Å². The molecule has 0 aromatic rings. The van der Waals surface area contributed by atoms with Crippen molar-refractivity contribution in [2.45, 2.75) is 39.5 Å². The molecule has 16 heavy (non-hydrogen) atoms. The average Bonchev–Trinajstić information content (AvgIpc) is 2.33. The van der Waals surface area contributed by atoms with Crippen molar-refractivity contribution in [3.05, 3.63) is 0 Å². The maximum Gasteiger partial charge on any atom is 0.306 e. The van der Waals surface area contributed by atoms with Gasteiger partial charge >= 0.3 is 5.97 Å². The molecule has 0 bridgehead atoms. The highest BCUT2D eigenvalue weighted by atomic mass is 16.4. The summed E-state index contributed by atoms with van der Waals surface area (Å²) in [6, 6.07) is 0. The number of aliphatic carboxylic acids is 1. The van der Waals surface area contributed by atoms with Crippen LogP contribution in [0.15, 0.2) is 0 Å². The quantitative estimate of drug-likeness (QED) is 0.669. The van der Waals surface area contributed by atoms with Crippen LogP contribution in [0, 0.1) is 5.92 Å². The fourth-order valence-corrected chi connectivity index (χ4v) is 1.56. The first-order valence-corrected chi connectivity index (χ1v) is 6.36. The molecule has 0 spiro atoms. The molecule has 0 aromatic carbocycles. The van der Waals surface area contributed by atoms with E-state index in [-0.39, 0.29) is 5.92 Å². The van der Waals surface area contributed by atoms with Gasteiger partial charge in [-0.3, -0.25) is 4.79 Å². The van der Waals surface area contributed by atoms with Crippen LogP contribution in [-0.2, 0) is 4.79 Å². The molecule has 0 aromatic heterocycles. The lowest BCUT2D eigenvalue weighted by Gasteiger charge is -2.11. The predicted octanol–water partition coefficient (Wildman–Crippen LogP) is 1.47. The largest absolute Gasteiger partial charge is 0.481 e. The molecule has 1 fully saturated rings. The standard InChI is InChI=1S/C8H16O2.C4H10N2/c1-3-5-6-7(4-2)8(9)10;1-2-6-4-3-5-1/h7H,3-6H2,1-2H3,(H,9,10);5-6H,1-4H2. The van der Waals surface area contributed by atoms with Gasteiger partial charge in [0.1, 0.15) is 0 Å². The van der Waals surface area contributed by atoms with E-state index in [1.807, 2.05) is 6.92 Å². The molecule has 1 saturated heterocycles. The van der Waals surface area contributed by atoms with Crippen molar-refractivity contribution in [2.24, 2.45) is 5.92 Å². The van der Waals surface area contributed by atoms with Gasteiger partial charge in [0.2, 0.25) is 0 Å². The molecule has 1 atom stereocenters. The third-order valence-electron chi connectivity index (χ3n) is 2.71. The van der Waals surface area contributed by atoms with Crippen LogP contribution >= 0.6 is 0 Å². The van der Waals surface area contributed by atoms with Crippen molar-refractivity contribution in [1.82, 2.24) is 10.6 Å². The molecule has 1 unspecified atom stereocenters. The maximum atomic E-state index is 10.4. The molecule has 0 radical (unpaired) electrons. The average molecular weight is 230 g/mol. The van der Waals surface area contributed by atoms with Crippen molar-refractivity contribution < 1.29 is 9.90 Å². The van der Waals surface area contributed by atoms with E-state index in [9.17, 15) is 4.79 Å². The van der Waals surface area contributed by atoms with Crippen molar-refractivity contribution in [1.29, 1.82) is 0 Å². The van der Waals surface area contributed by atoms with Crippen molar-refractivity contribution in [2.75, 3.05) is 26.2 Å². The zero-order valence-corrected chi connectivity index (χ0v) is 10.6. The number of rotatable bonds is 5. The number of piperazine rings is 1. The number of unbranched alkanes of at least 4 members (excludes halogenated alkanes) is 1. The first-order valence-electron chi connectivity index (χ1n) is 6.36. The molecule has 3 N–H and O–H groups in total. The summed E-state index contributed by atoms with van der Waals surface area (Å²) in [5, 5.41) is 15.0. The Hall–Kier alpha value is -0.610. The number of hydrogen-bond acceptors (Lipinski definition) is 3. The van der Waals surface area contributed by atoms with Crippen LogP contribution in [-0.4, -0.2) is 37.3 Å². The highest BCUT2D eigenvalue weighted by Gasteiger charge is 2.12. The number of nitrogens with one attached hydrogen (secondary N) is 2. The second-order valence-electron chi connectivity index (χ2n) is 4.09. The van der Waals surface area contributed by atoms with Gasteiger partial charge in [-0.15, -0.1) is 0 Å². The van der Waals surface area contributed by atoms with Gasteiger partial charge < -0.3 is 15.7 Å². The number of carboxylic acids is 1. The van der Waals surface area contributed by atoms with Gasteiger partial charge in [0.05, 0.1) is 5.92 Å². The Bertz CT molecular complexity index is 159. The second-order valence-corrected chi connectivity index (χ2v) is 4.09. The van der Waals surface area contributed by atoms with Gasteiger partial charge in [-0.1, -0.05) is 26.7 Å². The molecule has 1 aliphatic rings. The summed E-state index contributed by atoms with van der Waals surface area (Å²) < 4.78 is 0. The monoisotopic (exact) mass is 230 g/mol. The summed E-state index contributed by atoms with van der Waals surface area (Å²) in [7, 11) is 0. The number of hydrogen-bond donors (Lipinski definition) is 3. The minimum absolute atomic E-state index is 0.111. The molecule has 1 rings (SSSR count). The molecule has 0 aliphatic carbocycles. The minimum Gasteiger partial charge on any atom is -0.481 e. The highest BCUT2D eigenvalue weighted by molar-refractivity contribution is 5.69. The van der Waals surface area contributed by atoms with Crippen LogP contribution < -0.4 is 10.6 Å². The van der Waals surface area contributed by atoms with E-state index in [2.05, 4.69) is 17.6 Å². The summed E-state index contributed by atoms with van der Waals surface area (Å²) in [5.74, 6) is -0.754. The number of carboxylic acid groups (broad SMARTS) is 1. The van der Waals surface area contributed by atoms with Gasteiger partial charge in [-0.25, -0.2) is 0 Å². The Balaban J connectivity index is 0.000000315. The smallest absolute Gasteiger partial charge is 0.306 e. The fraction of sp³-hybridized carbons (Fsp3) is 0.917. The Morgan fingerprint density at radius 1 is 1.19 bits per heavy atom. The lowest BCUT2D eigenvalue weighted by atomic mass is 10.00. The van der Waals surface area contributed by atoms with Gasteiger partial charge in [-0.05, 0) is 12.8 Å². The summed E-state index contributed by atoms with van der Waals surface area (Å²) >= 11 is 0. The summed E-state index contributed by atoms with van der Waals surface area (Å²) in [4.78, 5) is 10.4. The van der Waals surface area contributed by atoms with Crippen molar-refractivity contribution in [3.8, 4) is 0 Å². The zero-order chi connectivity index (χ0) is 12.2. The van der Waals surface area contributed by atoms with Crippen LogP contribution in [0.5, 0.6) is 0 Å². The third-order valence-corrected chi connectivity index (χ3v) is 2.71. The maximum absolute atomic E-state index is 10.4. The molecule has 0 amide bonds. The van der Waals surface area contributed by atoms with Crippen LogP contribution in [0.2, 0.25) is 0 Å². The first-order chi connectivity index (χ1) is 7.72. The van der Waals surface area contributed by atoms with E-state index in [4.69, 9.17) is 5.11 Å². The van der Waals surface area contributed by atoms with E-state index in [1.54, 1.807) is 0 Å². The molecular weight excluding hydrogens is 204 g/mol. The lowest BCUT2D eigenvalue weighted by Crippen LogP contribution is -2.39. The molecule has 0 saturated carbocycles. The van der Waals surface area contributed by atoms with Crippen LogP contribution in [0.4, 0.5) is 0 Å². The van der Waals surface area contributed by atoms with Gasteiger partial charge in [0.25, 0.3) is 0 Å². The van der Waals surface area contributed by atoms with Crippen LogP contribution in [0.1, 0.15) is 39.5 Å². The summed E-state index contributed by atoms with van der Waals surface area (Å²) in [6.45, 7) is 8.56. The Kier molecular flexibility index (Phi) is 10.5. The zero-order valence-electron chi connectivity index (χ0n) is 10.6. The second kappa shape index (κ2) is 10.9. The van der Waals surface area contributed by atoms with Crippen LogP contribution in [0.25, 0.3) is 0 Å². The van der Waals surface area contributed by atoms with Gasteiger partial charge in [0.15, 0.2) is 0 Å². The van der Waals surface area contributed by atoms with Gasteiger partial charge in [-0.2, -0.15) is 0 Å². The third kappa shape index (κ3) is 8.68. The predicted molar refractivity (Wildman–Crippen MR) is 66.7 cm³/mol. The number of carbonyl (C=O) groups is 1. The first kappa shape index (κ1) is 15.4. The Morgan fingerprint density at radius 3 is 1.94 bits per heavy atom. The fourth-order valence-electron chi connectivity index (χ4n) is 1.56. The molecule has 96 valence electrons. The summed E-state index contributed by atoms with van der Waals surface area (Å²) in [5.41, 5.74) is 0. The van der Waals surface area contributed by atoms with Gasteiger partial charge in [0, 0.05) is 26.2 Å². The van der Waals surface area contributed by atoms with E-state index in [0.29, 0.717) is 0 Å². The molecule has 1 aliphatic heterocycles. The molecule has 1 heterocycles. The summed E-state index contributed by atoms with van der Waals surface area (Å²) in [6.07, 6.45) is 3.71. The molecule has 4 nitrogen and oxygen atoms in total. The normalized spacial score (nSPS) is 17.1. The van der Waals surface area contributed by atoms with Crippen molar-refractivity contribution in [3.63, 3.8) is 0 Å².